The van der Waals surface area contributed by atoms with Gasteiger partial charge in [0.15, 0.2) is 0 Å². The standard InChI is InChI=1S/C12H17N3O.C2H6/c1-11(2,3)9-13-6-7-8(14-9)15-10(16)12(7,4)5;1-2/h6H,1-5H3,(H,13,14,15,16);1-2H3. The molecule has 1 aromatic rings. The first-order valence-corrected chi connectivity index (χ1v) is 6.42. The molecule has 1 aliphatic heterocycles. The third-order valence-electron chi connectivity index (χ3n) is 2.93. The molecule has 100 valence electrons. The van der Waals surface area contributed by atoms with Crippen molar-refractivity contribution in [1.82, 2.24) is 9.97 Å². The molecule has 0 bridgehead atoms. The summed E-state index contributed by atoms with van der Waals surface area (Å²) in [4.78, 5) is 20.5. The van der Waals surface area contributed by atoms with Gasteiger partial charge in [-0.25, -0.2) is 9.97 Å². The van der Waals surface area contributed by atoms with E-state index in [0.717, 1.165) is 11.4 Å². The van der Waals surface area contributed by atoms with E-state index in [9.17, 15) is 4.79 Å². The lowest BCUT2D eigenvalue weighted by molar-refractivity contribution is -0.119. The maximum absolute atomic E-state index is 11.7. The van der Waals surface area contributed by atoms with Crippen molar-refractivity contribution in [2.75, 3.05) is 5.32 Å². The minimum absolute atomic E-state index is 0.0112. The smallest absolute Gasteiger partial charge is 0.235 e. The summed E-state index contributed by atoms with van der Waals surface area (Å²) in [7, 11) is 0. The summed E-state index contributed by atoms with van der Waals surface area (Å²) in [5.41, 5.74) is 0.253. The van der Waals surface area contributed by atoms with E-state index in [1.807, 2.05) is 27.7 Å². The second kappa shape index (κ2) is 4.67. The summed E-state index contributed by atoms with van der Waals surface area (Å²) >= 11 is 0. The van der Waals surface area contributed by atoms with Gasteiger partial charge in [-0.05, 0) is 13.8 Å². The number of carbonyl (C=O) groups is 1. The second-order valence-electron chi connectivity index (χ2n) is 5.79. The molecule has 1 aromatic heterocycles. The van der Waals surface area contributed by atoms with Gasteiger partial charge in [0, 0.05) is 17.2 Å². The maximum Gasteiger partial charge on any atom is 0.235 e. The molecule has 0 atom stereocenters. The normalized spacial score (nSPS) is 16.5. The van der Waals surface area contributed by atoms with Crippen molar-refractivity contribution < 1.29 is 4.79 Å². The molecule has 1 amide bonds. The lowest BCUT2D eigenvalue weighted by atomic mass is 9.88. The molecular formula is C14H23N3O. The van der Waals surface area contributed by atoms with E-state index >= 15 is 0 Å². The summed E-state index contributed by atoms with van der Waals surface area (Å²) in [6.07, 6.45) is 1.76. The first kappa shape index (κ1) is 14.6. The highest BCUT2D eigenvalue weighted by atomic mass is 16.2. The van der Waals surface area contributed by atoms with Crippen LogP contribution in [0, 0.1) is 0 Å². The van der Waals surface area contributed by atoms with E-state index in [-0.39, 0.29) is 11.3 Å². The molecule has 0 radical (unpaired) electrons. The van der Waals surface area contributed by atoms with E-state index in [1.54, 1.807) is 6.20 Å². The molecule has 0 saturated carbocycles. The Bertz CT molecular complexity index is 459. The molecule has 1 N–H and O–H groups in total. The highest BCUT2D eigenvalue weighted by Gasteiger charge is 2.40. The van der Waals surface area contributed by atoms with Gasteiger partial charge in [-0.15, -0.1) is 0 Å². The lowest BCUT2D eigenvalue weighted by Gasteiger charge is -2.18. The summed E-state index contributed by atoms with van der Waals surface area (Å²) in [6.45, 7) is 13.9. The van der Waals surface area contributed by atoms with Crippen LogP contribution < -0.4 is 5.32 Å². The van der Waals surface area contributed by atoms with Crippen molar-refractivity contribution in [3.63, 3.8) is 0 Å². The highest BCUT2D eigenvalue weighted by Crippen LogP contribution is 2.36. The molecule has 0 fully saturated rings. The molecule has 18 heavy (non-hydrogen) atoms. The van der Waals surface area contributed by atoms with Crippen LogP contribution in [0.25, 0.3) is 0 Å². The Morgan fingerprint density at radius 2 is 1.78 bits per heavy atom. The second-order valence-corrected chi connectivity index (χ2v) is 5.79. The predicted molar refractivity (Wildman–Crippen MR) is 73.7 cm³/mol. The largest absolute Gasteiger partial charge is 0.310 e. The Kier molecular flexibility index (Phi) is 3.79. The number of aromatic nitrogens is 2. The number of hydrogen-bond acceptors (Lipinski definition) is 3. The minimum atomic E-state index is -0.522. The van der Waals surface area contributed by atoms with Gasteiger partial charge in [0.25, 0.3) is 0 Å². The molecule has 2 rings (SSSR count). The van der Waals surface area contributed by atoms with E-state index in [2.05, 4.69) is 36.1 Å². The van der Waals surface area contributed by atoms with Gasteiger partial charge in [-0.1, -0.05) is 34.6 Å². The van der Waals surface area contributed by atoms with Gasteiger partial charge >= 0.3 is 0 Å². The molecule has 0 saturated heterocycles. The fraction of sp³-hybridized carbons (Fsp3) is 0.643. The summed E-state index contributed by atoms with van der Waals surface area (Å²) in [5.74, 6) is 1.40. The molecule has 0 aromatic carbocycles. The SMILES string of the molecule is CC.CC(C)(C)c1ncc2c(n1)NC(=O)C2(C)C. The number of anilines is 1. The maximum atomic E-state index is 11.7. The van der Waals surface area contributed by atoms with Gasteiger partial charge in [0.2, 0.25) is 5.91 Å². The Morgan fingerprint density at radius 1 is 1.22 bits per heavy atom. The molecule has 4 nitrogen and oxygen atoms in total. The van der Waals surface area contributed by atoms with Crippen LogP contribution in [0.4, 0.5) is 5.82 Å². The van der Waals surface area contributed by atoms with Crippen LogP contribution in [-0.4, -0.2) is 15.9 Å². The van der Waals surface area contributed by atoms with Gasteiger partial charge in [0.1, 0.15) is 11.6 Å². The van der Waals surface area contributed by atoms with Crippen molar-refractivity contribution in [2.24, 2.45) is 0 Å². The topological polar surface area (TPSA) is 54.9 Å². The Labute approximate surface area is 109 Å². The average molecular weight is 249 g/mol. The third-order valence-corrected chi connectivity index (χ3v) is 2.93. The number of hydrogen-bond donors (Lipinski definition) is 1. The Morgan fingerprint density at radius 3 is 2.28 bits per heavy atom. The number of rotatable bonds is 0. The highest BCUT2D eigenvalue weighted by molar-refractivity contribution is 6.04. The fourth-order valence-electron chi connectivity index (χ4n) is 1.68. The molecule has 1 aliphatic rings. The molecule has 0 spiro atoms. The molecule has 2 heterocycles. The fourth-order valence-corrected chi connectivity index (χ4v) is 1.68. The number of fused-ring (bicyclic) bond motifs is 1. The predicted octanol–water partition coefficient (Wildman–Crippen LogP) is 3.03. The van der Waals surface area contributed by atoms with Crippen molar-refractivity contribution >= 4 is 11.7 Å². The lowest BCUT2D eigenvalue weighted by Crippen LogP contribution is -2.26. The zero-order valence-electron chi connectivity index (χ0n) is 12.4. The zero-order chi connectivity index (χ0) is 14.1. The van der Waals surface area contributed by atoms with Crippen LogP contribution in [-0.2, 0) is 15.6 Å². The van der Waals surface area contributed by atoms with Gasteiger partial charge < -0.3 is 5.32 Å². The summed E-state index contributed by atoms with van der Waals surface area (Å²) in [6, 6.07) is 0. The third kappa shape index (κ3) is 2.37. The monoisotopic (exact) mass is 249 g/mol. The summed E-state index contributed by atoms with van der Waals surface area (Å²) < 4.78 is 0. The minimum Gasteiger partial charge on any atom is -0.310 e. The van der Waals surface area contributed by atoms with Crippen LogP contribution in [0.5, 0.6) is 0 Å². The molecular weight excluding hydrogens is 226 g/mol. The van der Waals surface area contributed by atoms with Crippen LogP contribution in [0.1, 0.15) is 59.9 Å². The first-order valence-electron chi connectivity index (χ1n) is 6.42. The Balaban J connectivity index is 0.000000771. The number of nitrogens with zero attached hydrogens (tertiary/aromatic N) is 2. The first-order chi connectivity index (χ1) is 8.23. The van der Waals surface area contributed by atoms with Crippen LogP contribution in [0.3, 0.4) is 0 Å². The number of carbonyl (C=O) groups excluding carboxylic acids is 1. The van der Waals surface area contributed by atoms with Crippen molar-refractivity contribution in [2.45, 2.75) is 59.3 Å². The van der Waals surface area contributed by atoms with Crippen molar-refractivity contribution in [1.29, 1.82) is 0 Å². The Hall–Kier alpha value is -1.45. The van der Waals surface area contributed by atoms with Crippen LogP contribution >= 0.6 is 0 Å². The zero-order valence-corrected chi connectivity index (χ0v) is 12.4. The van der Waals surface area contributed by atoms with E-state index in [0.29, 0.717) is 5.82 Å². The van der Waals surface area contributed by atoms with Crippen LogP contribution in [0.15, 0.2) is 6.20 Å². The van der Waals surface area contributed by atoms with Gasteiger partial charge in [-0.3, -0.25) is 4.79 Å². The van der Waals surface area contributed by atoms with E-state index < -0.39 is 5.41 Å². The quantitative estimate of drug-likeness (QED) is 0.769. The van der Waals surface area contributed by atoms with Crippen molar-refractivity contribution in [3.8, 4) is 0 Å². The number of nitrogens with one attached hydrogen (secondary N) is 1. The van der Waals surface area contributed by atoms with Gasteiger partial charge in [0.05, 0.1) is 5.41 Å². The van der Waals surface area contributed by atoms with Crippen molar-refractivity contribution in [3.05, 3.63) is 17.6 Å². The average Bonchev–Trinajstić information content (AvgIpc) is 2.51. The van der Waals surface area contributed by atoms with Crippen LogP contribution in [0.2, 0.25) is 0 Å². The van der Waals surface area contributed by atoms with Gasteiger partial charge in [-0.2, -0.15) is 0 Å². The number of amides is 1. The molecule has 4 heteroatoms. The molecule has 0 aliphatic carbocycles. The molecule has 0 unspecified atom stereocenters. The summed E-state index contributed by atoms with van der Waals surface area (Å²) in [5, 5.41) is 2.81. The van der Waals surface area contributed by atoms with E-state index in [1.165, 1.54) is 0 Å². The van der Waals surface area contributed by atoms with E-state index in [4.69, 9.17) is 0 Å².